The van der Waals surface area contributed by atoms with Gasteiger partial charge in [-0.3, -0.25) is 0 Å². The van der Waals surface area contributed by atoms with Gasteiger partial charge in [-0.2, -0.15) is 0 Å². The average molecular weight is 226 g/mol. The van der Waals surface area contributed by atoms with E-state index in [0.717, 1.165) is 11.8 Å². The maximum absolute atomic E-state index is 3.59. The van der Waals surface area contributed by atoms with Crippen LogP contribution in [0.2, 0.25) is 0 Å². The third-order valence-corrected chi connectivity index (χ3v) is 3.43. The molecule has 2 nitrogen and oxygen atoms in total. The lowest BCUT2D eigenvalue weighted by Crippen LogP contribution is -2.29. The summed E-state index contributed by atoms with van der Waals surface area (Å²) >= 11 is 0. The highest BCUT2D eigenvalue weighted by Gasteiger charge is 2.21. The Morgan fingerprint density at radius 1 is 1.31 bits per heavy atom. The van der Waals surface area contributed by atoms with Gasteiger partial charge in [0.05, 0.1) is 0 Å². The number of rotatable bonds is 8. The van der Waals surface area contributed by atoms with Crippen molar-refractivity contribution in [2.45, 2.75) is 46.5 Å². The molecule has 1 aliphatic rings. The van der Waals surface area contributed by atoms with E-state index in [1.165, 1.54) is 58.4 Å². The fourth-order valence-corrected chi connectivity index (χ4v) is 2.44. The van der Waals surface area contributed by atoms with Crippen LogP contribution in [-0.2, 0) is 0 Å². The van der Waals surface area contributed by atoms with E-state index in [2.05, 4.69) is 31.0 Å². The molecule has 0 radical (unpaired) electrons. The van der Waals surface area contributed by atoms with Crippen LogP contribution in [0.3, 0.4) is 0 Å². The molecule has 0 bridgehead atoms. The minimum atomic E-state index is 0.780. The first-order valence-electron chi connectivity index (χ1n) is 7.15. The summed E-state index contributed by atoms with van der Waals surface area (Å²) in [6, 6.07) is 0. The second-order valence-corrected chi connectivity index (χ2v) is 5.71. The lowest BCUT2D eigenvalue weighted by Gasteiger charge is -2.16. The van der Waals surface area contributed by atoms with Crippen molar-refractivity contribution in [3.8, 4) is 0 Å². The number of hydrogen-bond acceptors (Lipinski definition) is 2. The molecule has 0 aromatic carbocycles. The predicted molar refractivity (Wildman–Crippen MR) is 71.8 cm³/mol. The van der Waals surface area contributed by atoms with E-state index in [1.807, 2.05) is 0 Å². The van der Waals surface area contributed by atoms with Crippen LogP contribution < -0.4 is 5.32 Å². The van der Waals surface area contributed by atoms with Gasteiger partial charge in [0.25, 0.3) is 0 Å². The van der Waals surface area contributed by atoms with Crippen molar-refractivity contribution in [1.29, 1.82) is 0 Å². The Morgan fingerprint density at radius 3 is 2.81 bits per heavy atom. The summed E-state index contributed by atoms with van der Waals surface area (Å²) in [7, 11) is 0. The van der Waals surface area contributed by atoms with Crippen LogP contribution in [0.15, 0.2) is 0 Å². The van der Waals surface area contributed by atoms with Crippen molar-refractivity contribution in [2.24, 2.45) is 11.8 Å². The Balaban J connectivity index is 2.01. The fraction of sp³-hybridized carbons (Fsp3) is 1.00. The minimum absolute atomic E-state index is 0.780. The molecule has 0 aromatic heterocycles. The summed E-state index contributed by atoms with van der Waals surface area (Å²) in [4.78, 5) is 2.65. The minimum Gasteiger partial charge on any atom is -0.316 e. The Labute approximate surface area is 102 Å². The van der Waals surface area contributed by atoms with Gasteiger partial charge in [0, 0.05) is 6.54 Å². The summed E-state index contributed by atoms with van der Waals surface area (Å²) < 4.78 is 0. The topological polar surface area (TPSA) is 15.3 Å². The highest BCUT2D eigenvalue weighted by Crippen LogP contribution is 2.16. The van der Waals surface area contributed by atoms with Crippen LogP contribution in [0.5, 0.6) is 0 Å². The van der Waals surface area contributed by atoms with Crippen LogP contribution in [0.25, 0.3) is 0 Å². The molecule has 1 N–H and O–H groups in total. The summed E-state index contributed by atoms with van der Waals surface area (Å²) in [5.74, 6) is 1.68. The zero-order valence-electron chi connectivity index (χ0n) is 11.5. The van der Waals surface area contributed by atoms with Crippen LogP contribution in [-0.4, -0.2) is 37.6 Å². The number of likely N-dealkylation sites (tertiary alicyclic amines) is 1. The lowest BCUT2D eigenvalue weighted by molar-refractivity contribution is 0.313. The molecule has 1 aliphatic heterocycles. The van der Waals surface area contributed by atoms with Gasteiger partial charge in [-0.25, -0.2) is 0 Å². The van der Waals surface area contributed by atoms with Crippen LogP contribution in [0.1, 0.15) is 46.5 Å². The molecule has 1 fully saturated rings. The predicted octanol–water partition coefficient (Wildman–Crippen LogP) is 2.74. The number of nitrogens with zero attached hydrogens (tertiary/aromatic N) is 1. The normalized spacial score (nSPS) is 22.1. The van der Waals surface area contributed by atoms with Crippen LogP contribution in [0, 0.1) is 11.8 Å². The van der Waals surface area contributed by atoms with Crippen molar-refractivity contribution < 1.29 is 0 Å². The van der Waals surface area contributed by atoms with Gasteiger partial charge in [0.2, 0.25) is 0 Å². The van der Waals surface area contributed by atoms with Crippen molar-refractivity contribution in [1.82, 2.24) is 10.2 Å². The summed E-state index contributed by atoms with van der Waals surface area (Å²) in [5.41, 5.74) is 0. The molecule has 0 aromatic rings. The molecular weight excluding hydrogens is 196 g/mol. The Hall–Kier alpha value is -0.0800. The molecule has 0 saturated carbocycles. The molecular formula is C14H30N2. The van der Waals surface area contributed by atoms with E-state index in [4.69, 9.17) is 0 Å². The third-order valence-electron chi connectivity index (χ3n) is 3.43. The van der Waals surface area contributed by atoms with Crippen molar-refractivity contribution >= 4 is 0 Å². The summed E-state index contributed by atoms with van der Waals surface area (Å²) in [5, 5.41) is 3.59. The average Bonchev–Trinajstić information content (AvgIpc) is 2.66. The quantitative estimate of drug-likeness (QED) is 0.640. The molecule has 1 rings (SSSR count). The lowest BCUT2D eigenvalue weighted by atomic mass is 10.1. The van der Waals surface area contributed by atoms with Gasteiger partial charge in [0.1, 0.15) is 0 Å². The highest BCUT2D eigenvalue weighted by atomic mass is 15.1. The molecule has 0 spiro atoms. The van der Waals surface area contributed by atoms with Crippen molar-refractivity contribution in [3.05, 3.63) is 0 Å². The van der Waals surface area contributed by atoms with Crippen molar-refractivity contribution in [2.75, 3.05) is 32.7 Å². The number of nitrogens with one attached hydrogen (secondary N) is 1. The van der Waals surface area contributed by atoms with E-state index in [9.17, 15) is 0 Å². The summed E-state index contributed by atoms with van der Waals surface area (Å²) in [6.45, 7) is 13.2. The molecule has 96 valence electrons. The van der Waals surface area contributed by atoms with Crippen molar-refractivity contribution in [3.63, 3.8) is 0 Å². The zero-order valence-corrected chi connectivity index (χ0v) is 11.5. The maximum Gasteiger partial charge on any atom is 0.00223 e. The van der Waals surface area contributed by atoms with Crippen LogP contribution in [0.4, 0.5) is 0 Å². The van der Waals surface area contributed by atoms with Gasteiger partial charge < -0.3 is 10.2 Å². The first-order chi connectivity index (χ1) is 7.72. The van der Waals surface area contributed by atoms with Gasteiger partial charge in [0.15, 0.2) is 0 Å². The molecule has 2 heteroatoms. The van der Waals surface area contributed by atoms with E-state index in [1.54, 1.807) is 0 Å². The smallest absolute Gasteiger partial charge is 0.00223 e. The fourth-order valence-electron chi connectivity index (χ4n) is 2.44. The zero-order chi connectivity index (χ0) is 11.8. The molecule has 1 saturated heterocycles. The van der Waals surface area contributed by atoms with E-state index < -0.39 is 0 Å². The van der Waals surface area contributed by atoms with Gasteiger partial charge in [-0.05, 0) is 50.9 Å². The highest BCUT2D eigenvalue weighted by molar-refractivity contribution is 4.77. The Bertz CT molecular complexity index is 168. The molecule has 0 aliphatic carbocycles. The van der Waals surface area contributed by atoms with E-state index >= 15 is 0 Å². The second-order valence-electron chi connectivity index (χ2n) is 5.71. The van der Waals surface area contributed by atoms with Gasteiger partial charge >= 0.3 is 0 Å². The SMILES string of the molecule is CCCCCN1CCC(CNCC(C)C)C1. The van der Waals surface area contributed by atoms with Crippen LogP contribution >= 0.6 is 0 Å². The third kappa shape index (κ3) is 5.86. The summed E-state index contributed by atoms with van der Waals surface area (Å²) in [6.07, 6.45) is 5.53. The molecule has 0 amide bonds. The van der Waals surface area contributed by atoms with E-state index in [-0.39, 0.29) is 0 Å². The number of hydrogen-bond donors (Lipinski definition) is 1. The van der Waals surface area contributed by atoms with E-state index in [0.29, 0.717) is 0 Å². The monoisotopic (exact) mass is 226 g/mol. The maximum atomic E-state index is 3.59. The Morgan fingerprint density at radius 2 is 2.12 bits per heavy atom. The molecule has 1 heterocycles. The first-order valence-corrected chi connectivity index (χ1v) is 7.15. The molecule has 1 unspecified atom stereocenters. The largest absolute Gasteiger partial charge is 0.316 e. The number of unbranched alkanes of at least 4 members (excludes halogenated alkanes) is 2. The second kappa shape index (κ2) is 8.08. The van der Waals surface area contributed by atoms with Gasteiger partial charge in [-0.15, -0.1) is 0 Å². The molecule has 16 heavy (non-hydrogen) atoms. The Kier molecular flexibility index (Phi) is 7.06. The van der Waals surface area contributed by atoms with Gasteiger partial charge in [-0.1, -0.05) is 33.6 Å². The standard InChI is InChI=1S/C14H30N2/c1-4-5-6-8-16-9-7-14(12-16)11-15-10-13(2)3/h13-15H,4-12H2,1-3H3. The molecule has 1 atom stereocenters. The first kappa shape index (κ1) is 14.0.